The molecule has 6 nitrogen and oxygen atoms in total. The molecule has 0 fully saturated rings. The Hall–Kier alpha value is -2.00. The minimum Gasteiger partial charge on any atom is -0.484 e. The number of halogens is 2. The maximum Gasteiger partial charge on any atom is 0.255 e. The molecule has 0 heterocycles. The minimum absolute atomic E-state index is 0. The van der Waals surface area contributed by atoms with Crippen molar-refractivity contribution >= 4 is 47.4 Å². The van der Waals surface area contributed by atoms with Crippen LogP contribution in [0.3, 0.4) is 0 Å². The molecule has 2 aromatic rings. The van der Waals surface area contributed by atoms with Gasteiger partial charge in [-0.05, 0) is 41.8 Å². The lowest BCUT2D eigenvalue weighted by atomic mass is 10.1. The van der Waals surface area contributed by atoms with E-state index in [0.717, 1.165) is 23.6 Å². The molecule has 0 bridgehead atoms. The number of guanidine groups is 1. The molecule has 4 N–H and O–H groups in total. The van der Waals surface area contributed by atoms with Gasteiger partial charge in [-0.25, -0.2) is 0 Å². The fourth-order valence-corrected chi connectivity index (χ4v) is 2.54. The van der Waals surface area contributed by atoms with E-state index in [4.69, 9.17) is 22.1 Å². The van der Waals surface area contributed by atoms with Crippen molar-refractivity contribution in [3.05, 3.63) is 64.7 Å². The predicted molar refractivity (Wildman–Crippen MR) is 120 cm³/mol. The maximum absolute atomic E-state index is 10.8. The van der Waals surface area contributed by atoms with Gasteiger partial charge in [-0.2, -0.15) is 0 Å². The number of nitrogens with two attached hydrogens (primary N) is 1. The molecule has 0 aliphatic heterocycles. The second-order valence-electron chi connectivity index (χ2n) is 5.63. The molecule has 0 aromatic heterocycles. The molecule has 2 aromatic carbocycles. The molecule has 0 atom stereocenters. The number of nitrogens with one attached hydrogen (secondary N) is 2. The SMILES string of the molecule is CN=C(NCCc1cccc(Cl)c1)NCc1cccc(OCC(N)=O)c1.I. The van der Waals surface area contributed by atoms with Crippen molar-refractivity contribution in [1.29, 1.82) is 0 Å². The Morgan fingerprint density at radius 2 is 1.89 bits per heavy atom. The van der Waals surface area contributed by atoms with Crippen LogP contribution >= 0.6 is 35.6 Å². The zero-order valence-corrected chi connectivity index (χ0v) is 18.2. The van der Waals surface area contributed by atoms with E-state index in [-0.39, 0.29) is 30.6 Å². The Balaban J connectivity index is 0.00000364. The summed E-state index contributed by atoms with van der Waals surface area (Å²) in [6.45, 7) is 1.18. The molecular formula is C19H24ClIN4O2. The molecule has 0 saturated carbocycles. The predicted octanol–water partition coefficient (Wildman–Crippen LogP) is 2.73. The largest absolute Gasteiger partial charge is 0.484 e. The van der Waals surface area contributed by atoms with Crippen molar-refractivity contribution in [3.8, 4) is 5.75 Å². The van der Waals surface area contributed by atoms with Gasteiger partial charge in [-0.15, -0.1) is 24.0 Å². The lowest BCUT2D eigenvalue weighted by molar-refractivity contribution is -0.119. The number of nitrogens with zero attached hydrogens (tertiary/aromatic N) is 1. The highest BCUT2D eigenvalue weighted by Gasteiger charge is 2.02. The Labute approximate surface area is 181 Å². The number of hydrogen-bond donors (Lipinski definition) is 3. The first-order valence-electron chi connectivity index (χ1n) is 8.26. The molecule has 0 spiro atoms. The summed E-state index contributed by atoms with van der Waals surface area (Å²) in [7, 11) is 1.72. The fraction of sp³-hybridized carbons (Fsp3) is 0.263. The smallest absolute Gasteiger partial charge is 0.255 e. The summed E-state index contributed by atoms with van der Waals surface area (Å²) >= 11 is 5.99. The number of hydrogen-bond acceptors (Lipinski definition) is 3. The third-order valence-corrected chi connectivity index (χ3v) is 3.79. The molecular weight excluding hydrogens is 479 g/mol. The second kappa shape index (κ2) is 12.4. The Morgan fingerprint density at radius 1 is 1.15 bits per heavy atom. The number of carbonyl (C=O) groups is 1. The third kappa shape index (κ3) is 8.96. The molecule has 0 aliphatic rings. The fourth-order valence-electron chi connectivity index (χ4n) is 2.32. The molecule has 0 unspecified atom stereocenters. The summed E-state index contributed by atoms with van der Waals surface area (Å²) in [5, 5.41) is 7.25. The van der Waals surface area contributed by atoms with Crippen LogP contribution < -0.4 is 21.1 Å². The topological polar surface area (TPSA) is 88.7 Å². The monoisotopic (exact) mass is 502 g/mol. The van der Waals surface area contributed by atoms with Crippen molar-refractivity contribution in [2.75, 3.05) is 20.2 Å². The van der Waals surface area contributed by atoms with Crippen LogP contribution in [-0.2, 0) is 17.8 Å². The summed E-state index contributed by atoms with van der Waals surface area (Å²) in [4.78, 5) is 15.0. The lowest BCUT2D eigenvalue weighted by Crippen LogP contribution is -2.37. The van der Waals surface area contributed by atoms with Crippen LogP contribution in [0.5, 0.6) is 5.75 Å². The molecule has 27 heavy (non-hydrogen) atoms. The number of benzene rings is 2. The number of rotatable bonds is 8. The first-order chi connectivity index (χ1) is 12.6. The first kappa shape index (κ1) is 23.0. The van der Waals surface area contributed by atoms with Crippen LogP contribution in [0.15, 0.2) is 53.5 Å². The highest BCUT2D eigenvalue weighted by atomic mass is 127. The van der Waals surface area contributed by atoms with E-state index in [1.165, 1.54) is 5.56 Å². The summed E-state index contributed by atoms with van der Waals surface area (Å²) in [6, 6.07) is 15.3. The molecule has 0 radical (unpaired) electrons. The van der Waals surface area contributed by atoms with Gasteiger partial charge in [0.05, 0.1) is 0 Å². The molecule has 1 amide bonds. The van der Waals surface area contributed by atoms with Crippen LogP contribution in [-0.4, -0.2) is 32.1 Å². The first-order valence-corrected chi connectivity index (χ1v) is 8.63. The van der Waals surface area contributed by atoms with Gasteiger partial charge in [0.1, 0.15) is 5.75 Å². The van der Waals surface area contributed by atoms with E-state index in [1.807, 2.05) is 42.5 Å². The van der Waals surface area contributed by atoms with Crippen LogP contribution in [0, 0.1) is 0 Å². The summed E-state index contributed by atoms with van der Waals surface area (Å²) in [5.74, 6) is 0.806. The Bertz CT molecular complexity index is 771. The van der Waals surface area contributed by atoms with Gasteiger partial charge in [0, 0.05) is 25.2 Å². The zero-order chi connectivity index (χ0) is 18.8. The van der Waals surface area contributed by atoms with E-state index < -0.39 is 5.91 Å². The molecule has 8 heteroatoms. The van der Waals surface area contributed by atoms with Crippen LogP contribution in [0.2, 0.25) is 5.02 Å². The highest BCUT2D eigenvalue weighted by Crippen LogP contribution is 2.13. The highest BCUT2D eigenvalue weighted by molar-refractivity contribution is 14.0. The average molecular weight is 503 g/mol. The van der Waals surface area contributed by atoms with Gasteiger partial charge < -0.3 is 21.1 Å². The van der Waals surface area contributed by atoms with Crippen molar-refractivity contribution in [1.82, 2.24) is 10.6 Å². The van der Waals surface area contributed by atoms with E-state index >= 15 is 0 Å². The molecule has 0 aliphatic carbocycles. The number of carbonyl (C=O) groups excluding carboxylic acids is 1. The number of amides is 1. The van der Waals surface area contributed by atoms with E-state index in [2.05, 4.69) is 15.6 Å². The van der Waals surface area contributed by atoms with E-state index in [9.17, 15) is 4.79 Å². The number of primary amides is 1. The third-order valence-electron chi connectivity index (χ3n) is 3.56. The van der Waals surface area contributed by atoms with Crippen molar-refractivity contribution < 1.29 is 9.53 Å². The van der Waals surface area contributed by atoms with Gasteiger partial charge in [-0.1, -0.05) is 35.9 Å². The summed E-state index contributed by atoms with van der Waals surface area (Å²) in [6.07, 6.45) is 0.845. The standard InChI is InChI=1S/C19H23ClN4O2.HI/c1-22-19(23-9-8-14-4-2-6-16(20)10-14)24-12-15-5-3-7-17(11-15)26-13-18(21)25;/h2-7,10-11H,8-9,12-13H2,1H3,(H2,21,25)(H2,22,23,24);1H. The van der Waals surface area contributed by atoms with Gasteiger partial charge in [0.2, 0.25) is 0 Å². The van der Waals surface area contributed by atoms with Crippen LogP contribution in [0.25, 0.3) is 0 Å². The summed E-state index contributed by atoms with van der Waals surface area (Å²) < 4.78 is 5.31. The average Bonchev–Trinajstić information content (AvgIpc) is 2.63. The van der Waals surface area contributed by atoms with Crippen molar-refractivity contribution in [2.24, 2.45) is 10.7 Å². The van der Waals surface area contributed by atoms with Crippen LogP contribution in [0.1, 0.15) is 11.1 Å². The van der Waals surface area contributed by atoms with Crippen molar-refractivity contribution in [3.63, 3.8) is 0 Å². The second-order valence-corrected chi connectivity index (χ2v) is 6.07. The van der Waals surface area contributed by atoms with Gasteiger partial charge in [0.15, 0.2) is 12.6 Å². The molecule has 0 saturated heterocycles. The summed E-state index contributed by atoms with van der Waals surface area (Å²) in [5.41, 5.74) is 7.25. The lowest BCUT2D eigenvalue weighted by Gasteiger charge is -2.13. The Morgan fingerprint density at radius 3 is 2.59 bits per heavy atom. The quantitative estimate of drug-likeness (QED) is 0.294. The van der Waals surface area contributed by atoms with Gasteiger partial charge >= 0.3 is 0 Å². The van der Waals surface area contributed by atoms with Gasteiger partial charge in [-0.3, -0.25) is 9.79 Å². The number of aliphatic imine (C=N–C) groups is 1. The number of ether oxygens (including phenoxy) is 1. The normalized spacial score (nSPS) is 10.7. The van der Waals surface area contributed by atoms with E-state index in [0.29, 0.717) is 18.3 Å². The van der Waals surface area contributed by atoms with Crippen molar-refractivity contribution in [2.45, 2.75) is 13.0 Å². The minimum atomic E-state index is -0.502. The zero-order valence-electron chi connectivity index (χ0n) is 15.1. The Kier molecular flexibility index (Phi) is 10.6. The molecule has 146 valence electrons. The molecule has 2 rings (SSSR count). The van der Waals surface area contributed by atoms with Crippen LogP contribution in [0.4, 0.5) is 0 Å². The van der Waals surface area contributed by atoms with Gasteiger partial charge in [0.25, 0.3) is 5.91 Å². The maximum atomic E-state index is 10.8. The van der Waals surface area contributed by atoms with E-state index in [1.54, 1.807) is 13.1 Å².